The summed E-state index contributed by atoms with van der Waals surface area (Å²) in [5.41, 5.74) is 1.71. The highest BCUT2D eigenvalue weighted by molar-refractivity contribution is 7.92. The number of para-hydroxylation sites is 1. The lowest BCUT2D eigenvalue weighted by atomic mass is 10.1. The third-order valence-electron chi connectivity index (χ3n) is 5.05. The van der Waals surface area contributed by atoms with Crippen molar-refractivity contribution in [2.24, 2.45) is 0 Å². The monoisotopic (exact) mass is 482 g/mol. The van der Waals surface area contributed by atoms with Crippen LogP contribution in [0, 0.1) is 11.6 Å². The lowest BCUT2D eigenvalue weighted by Crippen LogP contribution is -2.40. The van der Waals surface area contributed by atoms with Gasteiger partial charge in [0.25, 0.3) is 10.0 Å². The van der Waals surface area contributed by atoms with E-state index in [1.807, 2.05) is 24.3 Å². The SMILES string of the molecule is O=C(CN(c1ccc(F)cc1)S(=O)(=O)c1ccc(F)cc1)NCc1ccccc1-n1ccnc1. The molecule has 34 heavy (non-hydrogen) atoms. The van der Waals surface area contributed by atoms with Crippen LogP contribution in [0.15, 0.2) is 96.4 Å². The molecule has 0 saturated carbocycles. The second-order valence-corrected chi connectivity index (χ2v) is 9.18. The number of hydrogen-bond donors (Lipinski definition) is 1. The smallest absolute Gasteiger partial charge is 0.264 e. The van der Waals surface area contributed by atoms with Crippen molar-refractivity contribution in [3.05, 3.63) is 109 Å². The first kappa shape index (κ1) is 23.1. The topological polar surface area (TPSA) is 84.3 Å². The van der Waals surface area contributed by atoms with E-state index in [9.17, 15) is 22.0 Å². The Morgan fingerprint density at radius 3 is 2.24 bits per heavy atom. The number of aromatic nitrogens is 2. The summed E-state index contributed by atoms with van der Waals surface area (Å²) in [6.07, 6.45) is 5.04. The van der Waals surface area contributed by atoms with Gasteiger partial charge in [0, 0.05) is 18.9 Å². The molecule has 0 aliphatic carbocycles. The summed E-state index contributed by atoms with van der Waals surface area (Å²) in [4.78, 5) is 16.7. The van der Waals surface area contributed by atoms with Crippen LogP contribution < -0.4 is 9.62 Å². The molecule has 1 N–H and O–H groups in total. The highest BCUT2D eigenvalue weighted by Gasteiger charge is 2.27. The molecule has 1 heterocycles. The number of hydrogen-bond acceptors (Lipinski definition) is 4. The zero-order valence-corrected chi connectivity index (χ0v) is 18.6. The summed E-state index contributed by atoms with van der Waals surface area (Å²) < 4.78 is 56.0. The van der Waals surface area contributed by atoms with E-state index in [0.717, 1.165) is 52.0 Å². The van der Waals surface area contributed by atoms with E-state index in [1.54, 1.807) is 23.3 Å². The van der Waals surface area contributed by atoms with E-state index in [2.05, 4.69) is 10.3 Å². The predicted octanol–water partition coefficient (Wildman–Crippen LogP) is 3.66. The van der Waals surface area contributed by atoms with Crippen LogP contribution in [-0.2, 0) is 21.4 Å². The van der Waals surface area contributed by atoms with Gasteiger partial charge in [-0.2, -0.15) is 0 Å². The van der Waals surface area contributed by atoms with Gasteiger partial charge in [0.2, 0.25) is 5.91 Å². The van der Waals surface area contributed by atoms with Crippen LogP contribution in [0.3, 0.4) is 0 Å². The molecule has 4 aromatic rings. The lowest BCUT2D eigenvalue weighted by Gasteiger charge is -2.24. The van der Waals surface area contributed by atoms with Crippen molar-refractivity contribution in [1.82, 2.24) is 14.9 Å². The Hall–Kier alpha value is -4.05. The first-order valence-corrected chi connectivity index (χ1v) is 11.7. The van der Waals surface area contributed by atoms with Crippen LogP contribution >= 0.6 is 0 Å². The van der Waals surface area contributed by atoms with E-state index in [0.29, 0.717) is 0 Å². The molecule has 0 aliphatic heterocycles. The van der Waals surface area contributed by atoms with Crippen molar-refractivity contribution >= 4 is 21.6 Å². The second-order valence-electron chi connectivity index (χ2n) is 7.32. The molecule has 0 spiro atoms. The van der Waals surface area contributed by atoms with E-state index in [1.165, 1.54) is 12.1 Å². The number of benzene rings is 3. The van der Waals surface area contributed by atoms with Crippen molar-refractivity contribution < 1.29 is 22.0 Å². The Labute approximate surface area is 195 Å². The van der Waals surface area contributed by atoms with Gasteiger partial charge >= 0.3 is 0 Å². The van der Waals surface area contributed by atoms with Gasteiger partial charge in [0.15, 0.2) is 0 Å². The molecule has 1 amide bonds. The molecule has 0 fully saturated rings. The van der Waals surface area contributed by atoms with E-state index in [4.69, 9.17) is 0 Å². The van der Waals surface area contributed by atoms with Crippen LogP contribution in [-0.4, -0.2) is 30.4 Å². The van der Waals surface area contributed by atoms with Gasteiger partial charge in [-0.05, 0) is 60.2 Å². The predicted molar refractivity (Wildman–Crippen MR) is 123 cm³/mol. The van der Waals surface area contributed by atoms with Gasteiger partial charge < -0.3 is 9.88 Å². The number of carbonyl (C=O) groups is 1. The maximum atomic E-state index is 13.4. The summed E-state index contributed by atoms with van der Waals surface area (Å²) in [7, 11) is -4.23. The molecule has 0 atom stereocenters. The molecule has 0 unspecified atom stereocenters. The number of nitrogens with one attached hydrogen (secondary N) is 1. The van der Waals surface area contributed by atoms with Gasteiger partial charge in [0.05, 0.1) is 22.6 Å². The zero-order chi connectivity index (χ0) is 24.1. The fraction of sp³-hybridized carbons (Fsp3) is 0.0833. The molecule has 0 saturated heterocycles. The number of nitrogens with zero attached hydrogens (tertiary/aromatic N) is 3. The fourth-order valence-electron chi connectivity index (χ4n) is 3.35. The van der Waals surface area contributed by atoms with Crippen molar-refractivity contribution in [3.63, 3.8) is 0 Å². The first-order chi connectivity index (χ1) is 16.3. The number of rotatable bonds is 8. The van der Waals surface area contributed by atoms with Crippen LogP contribution in [0.2, 0.25) is 0 Å². The average Bonchev–Trinajstić information content (AvgIpc) is 3.37. The van der Waals surface area contributed by atoms with Crippen molar-refractivity contribution in [1.29, 1.82) is 0 Å². The van der Waals surface area contributed by atoms with Gasteiger partial charge in [-0.1, -0.05) is 18.2 Å². The lowest BCUT2D eigenvalue weighted by molar-refractivity contribution is -0.119. The molecule has 174 valence electrons. The Balaban J connectivity index is 1.57. The molecule has 0 aliphatic rings. The third kappa shape index (κ3) is 5.12. The number of halogens is 2. The summed E-state index contributed by atoms with van der Waals surface area (Å²) in [6.45, 7) is -0.417. The number of imidazole rings is 1. The van der Waals surface area contributed by atoms with Gasteiger partial charge in [-0.15, -0.1) is 0 Å². The zero-order valence-electron chi connectivity index (χ0n) is 17.8. The minimum Gasteiger partial charge on any atom is -0.350 e. The fourth-order valence-corrected chi connectivity index (χ4v) is 4.77. The van der Waals surface area contributed by atoms with Crippen LogP contribution in [0.1, 0.15) is 5.56 Å². The summed E-state index contributed by atoms with van der Waals surface area (Å²) in [5, 5.41) is 2.73. The highest BCUT2D eigenvalue weighted by Crippen LogP contribution is 2.24. The number of carbonyl (C=O) groups excluding carboxylic acids is 1. The Bertz CT molecular complexity index is 1370. The van der Waals surface area contributed by atoms with Crippen LogP contribution in [0.5, 0.6) is 0 Å². The Morgan fingerprint density at radius 2 is 1.59 bits per heavy atom. The minimum absolute atomic E-state index is 0.0969. The standard InChI is InChI=1S/C24H20F2N4O3S/c25-19-5-9-21(10-6-19)30(34(32,33)22-11-7-20(26)8-12-22)16-24(31)28-15-18-3-1-2-4-23(18)29-14-13-27-17-29/h1-14,17H,15-16H2,(H,28,31). The highest BCUT2D eigenvalue weighted by atomic mass is 32.2. The molecule has 3 aromatic carbocycles. The molecule has 0 bridgehead atoms. The normalized spacial score (nSPS) is 11.2. The number of amides is 1. The van der Waals surface area contributed by atoms with Gasteiger partial charge in [-0.3, -0.25) is 9.10 Å². The maximum absolute atomic E-state index is 13.4. The van der Waals surface area contributed by atoms with Gasteiger partial charge in [-0.25, -0.2) is 22.2 Å². The van der Waals surface area contributed by atoms with E-state index >= 15 is 0 Å². The molecule has 7 nitrogen and oxygen atoms in total. The minimum atomic E-state index is -4.23. The summed E-state index contributed by atoms with van der Waals surface area (Å²) >= 11 is 0. The van der Waals surface area contributed by atoms with Crippen molar-refractivity contribution in [2.75, 3.05) is 10.8 Å². The largest absolute Gasteiger partial charge is 0.350 e. The summed E-state index contributed by atoms with van der Waals surface area (Å²) in [5.74, 6) is -1.72. The van der Waals surface area contributed by atoms with E-state index < -0.39 is 34.1 Å². The quantitative estimate of drug-likeness (QED) is 0.416. The average molecular weight is 483 g/mol. The molecule has 1 aromatic heterocycles. The maximum Gasteiger partial charge on any atom is 0.264 e. The molecular weight excluding hydrogens is 462 g/mol. The molecule has 10 heteroatoms. The first-order valence-electron chi connectivity index (χ1n) is 10.2. The summed E-state index contributed by atoms with van der Waals surface area (Å²) in [6, 6.07) is 16.4. The molecule has 0 radical (unpaired) electrons. The van der Waals surface area contributed by atoms with Crippen LogP contribution in [0.25, 0.3) is 5.69 Å². The van der Waals surface area contributed by atoms with Crippen LogP contribution in [0.4, 0.5) is 14.5 Å². The van der Waals surface area contributed by atoms with Crippen molar-refractivity contribution in [2.45, 2.75) is 11.4 Å². The number of sulfonamides is 1. The Kier molecular flexibility index (Phi) is 6.69. The number of anilines is 1. The second kappa shape index (κ2) is 9.84. The van der Waals surface area contributed by atoms with Crippen molar-refractivity contribution in [3.8, 4) is 5.69 Å². The molecular formula is C24H20F2N4O3S. The van der Waals surface area contributed by atoms with E-state index in [-0.39, 0.29) is 17.1 Å². The third-order valence-corrected chi connectivity index (χ3v) is 6.84. The Morgan fingerprint density at radius 1 is 0.941 bits per heavy atom. The molecule has 4 rings (SSSR count). The van der Waals surface area contributed by atoms with Gasteiger partial charge in [0.1, 0.15) is 18.2 Å².